The van der Waals surface area contributed by atoms with Crippen LogP contribution in [-0.2, 0) is 0 Å². The summed E-state index contributed by atoms with van der Waals surface area (Å²) in [6.07, 6.45) is 3.96. The van der Waals surface area contributed by atoms with Crippen molar-refractivity contribution in [3.8, 4) is 0 Å². The number of nitrogens with zero attached hydrogens (tertiary/aromatic N) is 2. The number of carbonyl (C=O) groups excluding carboxylic acids is 2. The van der Waals surface area contributed by atoms with Gasteiger partial charge >= 0.3 is 0 Å². The minimum Gasteiger partial charge on any atom is -0.356 e. The Bertz CT molecular complexity index is 737. The first-order valence-corrected chi connectivity index (χ1v) is 7.77. The lowest BCUT2D eigenvalue weighted by Crippen LogP contribution is -2.24. The average molecular weight is 309 g/mol. The van der Waals surface area contributed by atoms with Crippen LogP contribution in [0, 0.1) is 0 Å². The second-order valence-corrected chi connectivity index (χ2v) is 5.66. The van der Waals surface area contributed by atoms with E-state index in [1.807, 2.05) is 0 Å². The Morgan fingerprint density at radius 2 is 1.91 bits per heavy atom. The van der Waals surface area contributed by atoms with Crippen molar-refractivity contribution in [2.45, 2.75) is 19.8 Å². The summed E-state index contributed by atoms with van der Waals surface area (Å²) in [5, 5.41) is 2.86. The predicted octanol–water partition coefficient (Wildman–Crippen LogP) is 3.14. The van der Waals surface area contributed by atoms with Crippen molar-refractivity contribution < 1.29 is 9.59 Å². The number of hydrogen-bond acceptors (Lipinski definition) is 4. The number of Topliss-reactive ketones (excluding diaryl/α,β-unsaturated/α-hetero) is 1. The molecular weight excluding hydrogens is 290 g/mol. The molecule has 1 aliphatic heterocycles. The molecule has 0 spiro atoms. The number of nitrogens with one attached hydrogen (secondary N) is 1. The van der Waals surface area contributed by atoms with Gasteiger partial charge in [0.1, 0.15) is 5.82 Å². The van der Waals surface area contributed by atoms with E-state index in [9.17, 15) is 9.59 Å². The summed E-state index contributed by atoms with van der Waals surface area (Å²) in [5.74, 6) is 0.492. The molecule has 1 N–H and O–H groups in total. The molecule has 1 fully saturated rings. The molecule has 3 rings (SSSR count). The lowest BCUT2D eigenvalue weighted by Gasteiger charge is -2.19. The molecule has 1 aromatic carbocycles. The van der Waals surface area contributed by atoms with Crippen molar-refractivity contribution in [2.24, 2.45) is 0 Å². The van der Waals surface area contributed by atoms with Crippen LogP contribution in [0.25, 0.3) is 0 Å². The zero-order valence-corrected chi connectivity index (χ0v) is 13.1. The van der Waals surface area contributed by atoms with Crippen LogP contribution in [0.5, 0.6) is 0 Å². The summed E-state index contributed by atoms with van der Waals surface area (Å²) in [6.45, 7) is 3.36. The van der Waals surface area contributed by atoms with E-state index in [1.165, 1.54) is 6.92 Å². The van der Waals surface area contributed by atoms with Crippen LogP contribution < -0.4 is 10.2 Å². The summed E-state index contributed by atoms with van der Waals surface area (Å²) in [4.78, 5) is 30.6. The van der Waals surface area contributed by atoms with Gasteiger partial charge in [0.2, 0.25) is 0 Å². The fraction of sp³-hybridized carbons (Fsp3) is 0.278. The summed E-state index contributed by atoms with van der Waals surface area (Å²) in [5.41, 5.74) is 1.75. The van der Waals surface area contributed by atoms with Gasteiger partial charge in [0.15, 0.2) is 5.78 Å². The number of anilines is 2. The van der Waals surface area contributed by atoms with E-state index in [1.54, 1.807) is 42.6 Å². The molecular formula is C18H19N3O2. The smallest absolute Gasteiger partial charge is 0.259 e. The molecule has 0 saturated carbocycles. The summed E-state index contributed by atoms with van der Waals surface area (Å²) < 4.78 is 0. The van der Waals surface area contributed by atoms with Crippen LogP contribution in [0.1, 0.15) is 40.5 Å². The maximum atomic E-state index is 12.6. The molecule has 0 atom stereocenters. The normalized spacial score (nSPS) is 13.9. The van der Waals surface area contributed by atoms with Gasteiger partial charge in [-0.05, 0) is 44.0 Å². The first-order valence-electron chi connectivity index (χ1n) is 7.77. The molecule has 0 unspecified atom stereocenters. The molecule has 0 aliphatic carbocycles. The van der Waals surface area contributed by atoms with Crippen LogP contribution in [0.3, 0.4) is 0 Å². The Kier molecular flexibility index (Phi) is 4.37. The Morgan fingerprint density at radius 3 is 2.65 bits per heavy atom. The molecule has 118 valence electrons. The van der Waals surface area contributed by atoms with E-state index in [-0.39, 0.29) is 11.7 Å². The lowest BCUT2D eigenvalue weighted by molar-refractivity contribution is 0.101. The Morgan fingerprint density at radius 1 is 1.13 bits per heavy atom. The minimum atomic E-state index is -0.208. The fourth-order valence-electron chi connectivity index (χ4n) is 2.77. The highest BCUT2D eigenvalue weighted by Gasteiger charge is 2.20. The van der Waals surface area contributed by atoms with Crippen molar-refractivity contribution in [3.05, 3.63) is 53.7 Å². The molecule has 1 aromatic heterocycles. The van der Waals surface area contributed by atoms with Crippen molar-refractivity contribution in [3.63, 3.8) is 0 Å². The Labute approximate surface area is 135 Å². The van der Waals surface area contributed by atoms with E-state index in [0.29, 0.717) is 16.8 Å². The highest BCUT2D eigenvalue weighted by molar-refractivity contribution is 6.08. The van der Waals surface area contributed by atoms with Gasteiger partial charge < -0.3 is 10.2 Å². The summed E-state index contributed by atoms with van der Waals surface area (Å²) in [7, 11) is 0. The average Bonchev–Trinajstić information content (AvgIpc) is 3.09. The highest BCUT2D eigenvalue weighted by atomic mass is 16.1. The third kappa shape index (κ3) is 3.39. The summed E-state index contributed by atoms with van der Waals surface area (Å²) in [6, 6.07) is 10.5. The molecule has 1 saturated heterocycles. The number of aromatic nitrogens is 1. The summed E-state index contributed by atoms with van der Waals surface area (Å²) >= 11 is 0. The number of hydrogen-bond donors (Lipinski definition) is 1. The van der Waals surface area contributed by atoms with Crippen molar-refractivity contribution >= 4 is 23.2 Å². The van der Waals surface area contributed by atoms with E-state index in [2.05, 4.69) is 15.2 Å². The van der Waals surface area contributed by atoms with Crippen LogP contribution in [0.15, 0.2) is 42.6 Å². The number of pyridine rings is 1. The standard InChI is InChI=1S/C18H19N3O2/c1-13(22)14-6-4-7-15(12-14)20-18(23)16-8-5-9-19-17(16)21-10-2-3-11-21/h4-9,12H,2-3,10-11H2,1H3,(H,20,23). The third-order valence-corrected chi connectivity index (χ3v) is 3.96. The first kappa shape index (κ1) is 15.2. The Balaban J connectivity index is 1.84. The Hall–Kier alpha value is -2.69. The van der Waals surface area contributed by atoms with Gasteiger partial charge in [0.05, 0.1) is 5.56 Å². The molecule has 2 heterocycles. The number of carbonyl (C=O) groups is 2. The molecule has 1 amide bonds. The number of amides is 1. The van der Waals surface area contributed by atoms with E-state index < -0.39 is 0 Å². The zero-order valence-electron chi connectivity index (χ0n) is 13.1. The molecule has 0 radical (unpaired) electrons. The second kappa shape index (κ2) is 6.60. The monoisotopic (exact) mass is 309 g/mol. The van der Waals surface area contributed by atoms with Gasteiger partial charge in [0, 0.05) is 30.5 Å². The molecule has 2 aromatic rings. The van der Waals surface area contributed by atoms with Crippen molar-refractivity contribution in [1.29, 1.82) is 0 Å². The zero-order chi connectivity index (χ0) is 16.2. The fourth-order valence-corrected chi connectivity index (χ4v) is 2.77. The number of ketones is 1. The van der Waals surface area contributed by atoms with Gasteiger partial charge in [0.25, 0.3) is 5.91 Å². The lowest BCUT2D eigenvalue weighted by atomic mass is 10.1. The minimum absolute atomic E-state index is 0.0276. The van der Waals surface area contributed by atoms with Gasteiger partial charge in [-0.1, -0.05) is 12.1 Å². The second-order valence-electron chi connectivity index (χ2n) is 5.66. The predicted molar refractivity (Wildman–Crippen MR) is 90.1 cm³/mol. The van der Waals surface area contributed by atoms with Crippen LogP contribution in [-0.4, -0.2) is 29.8 Å². The SMILES string of the molecule is CC(=O)c1cccc(NC(=O)c2cccnc2N2CCCC2)c1. The van der Waals surface area contributed by atoms with Crippen molar-refractivity contribution in [1.82, 2.24) is 4.98 Å². The quantitative estimate of drug-likeness (QED) is 0.881. The highest BCUT2D eigenvalue weighted by Crippen LogP contribution is 2.23. The molecule has 0 bridgehead atoms. The third-order valence-electron chi connectivity index (χ3n) is 3.96. The maximum absolute atomic E-state index is 12.6. The van der Waals surface area contributed by atoms with Gasteiger partial charge in [-0.2, -0.15) is 0 Å². The molecule has 23 heavy (non-hydrogen) atoms. The van der Waals surface area contributed by atoms with Crippen LogP contribution in [0.4, 0.5) is 11.5 Å². The first-order chi connectivity index (χ1) is 11.1. The van der Waals surface area contributed by atoms with E-state index in [0.717, 1.165) is 31.7 Å². The van der Waals surface area contributed by atoms with Gasteiger partial charge in [-0.15, -0.1) is 0 Å². The number of rotatable bonds is 4. The van der Waals surface area contributed by atoms with Crippen LogP contribution in [0.2, 0.25) is 0 Å². The molecule has 5 heteroatoms. The molecule has 1 aliphatic rings. The largest absolute Gasteiger partial charge is 0.356 e. The number of benzene rings is 1. The topological polar surface area (TPSA) is 62.3 Å². The molecule has 5 nitrogen and oxygen atoms in total. The van der Waals surface area contributed by atoms with E-state index in [4.69, 9.17) is 0 Å². The maximum Gasteiger partial charge on any atom is 0.259 e. The van der Waals surface area contributed by atoms with Gasteiger partial charge in [-0.25, -0.2) is 4.98 Å². The van der Waals surface area contributed by atoms with E-state index >= 15 is 0 Å². The van der Waals surface area contributed by atoms with Crippen LogP contribution >= 0.6 is 0 Å². The van der Waals surface area contributed by atoms with Gasteiger partial charge in [-0.3, -0.25) is 9.59 Å². The van der Waals surface area contributed by atoms with Crippen molar-refractivity contribution in [2.75, 3.05) is 23.3 Å².